The van der Waals surface area contributed by atoms with Crippen molar-refractivity contribution < 1.29 is 29.6 Å². The Labute approximate surface area is 75.2 Å². The minimum absolute atomic E-state index is 0. The summed E-state index contributed by atoms with van der Waals surface area (Å²) in [7, 11) is 0. The van der Waals surface area contributed by atoms with Gasteiger partial charge >= 0.3 is 75.5 Å². The molecule has 0 atom stereocenters. The monoisotopic (exact) mass is 144 g/mol. The fraction of sp³-hybridized carbons (Fsp3) is 1.00. The summed E-state index contributed by atoms with van der Waals surface area (Å²) in [6.07, 6.45) is 0. The van der Waals surface area contributed by atoms with Crippen molar-refractivity contribution in [2.75, 3.05) is 40.0 Å². The van der Waals surface area contributed by atoms with Crippen molar-refractivity contribution in [1.29, 1.82) is 0 Å². The van der Waals surface area contributed by atoms with Crippen molar-refractivity contribution >= 4 is 5.94 Å². The van der Waals surface area contributed by atoms with Crippen LogP contribution in [0.1, 0.15) is 0 Å². The van der Waals surface area contributed by atoms with Crippen molar-refractivity contribution in [3.8, 4) is 0 Å². The van der Waals surface area contributed by atoms with Crippen LogP contribution in [0.2, 0.25) is 0 Å². The van der Waals surface area contributed by atoms with Crippen molar-refractivity contribution in [2.24, 2.45) is 0 Å². The molecule has 0 aliphatic carbocycles. The van der Waals surface area contributed by atoms with Crippen LogP contribution in [0.15, 0.2) is 0 Å². The summed E-state index contributed by atoms with van der Waals surface area (Å²) in [4.78, 5) is 0. The molecule has 0 radical (unpaired) electrons. The molecule has 0 aromatic heterocycles. The van der Waals surface area contributed by atoms with E-state index in [1.165, 1.54) is 0 Å². The normalized spacial score (nSPS) is 20.2. The summed E-state index contributed by atoms with van der Waals surface area (Å²) in [6, 6.07) is 0. The first-order chi connectivity index (χ1) is 2.45. The standard InChI is InChI=1S/C6H18P.Na/c1-7(2,3,4,5)6;/h1-6H3;/q-1;+1. The second-order valence-corrected chi connectivity index (χ2v) is 20.1. The smallest absolute Gasteiger partial charge is 1.00 e. The van der Waals surface area contributed by atoms with Gasteiger partial charge in [-0.1, -0.05) is 0 Å². The molecule has 0 amide bonds. The van der Waals surface area contributed by atoms with E-state index in [4.69, 9.17) is 0 Å². The van der Waals surface area contributed by atoms with Gasteiger partial charge in [0.15, 0.2) is 0 Å². The predicted octanol–water partition coefficient (Wildman–Crippen LogP) is -1.14. The van der Waals surface area contributed by atoms with Gasteiger partial charge in [-0.15, -0.1) is 0 Å². The molecule has 0 aromatic carbocycles. The van der Waals surface area contributed by atoms with E-state index >= 15 is 0 Å². The average Bonchev–Trinajstić information content (AvgIpc) is 0.592. The Bertz CT molecular complexity index is 67.1. The molecule has 48 valence electrons. The molecular formula is C6H18NaP. The topological polar surface area (TPSA) is 0 Å². The van der Waals surface area contributed by atoms with Crippen molar-refractivity contribution in [2.45, 2.75) is 0 Å². The summed E-state index contributed by atoms with van der Waals surface area (Å²) in [6.45, 7) is 14.2. The first-order valence-electron chi connectivity index (χ1n) is 2.68. The summed E-state index contributed by atoms with van der Waals surface area (Å²) in [5, 5.41) is 0. The fourth-order valence-corrected chi connectivity index (χ4v) is 0. The zero-order valence-corrected chi connectivity index (χ0v) is 10.3. The SMILES string of the molecule is C[P-](C)(C)(C)(C)C.[Na+]. The molecule has 0 nitrogen and oxygen atoms in total. The Morgan fingerprint density at radius 2 is 0.625 bits per heavy atom. The van der Waals surface area contributed by atoms with Crippen LogP contribution in [-0.4, -0.2) is 40.0 Å². The quantitative estimate of drug-likeness (QED) is 0.298. The summed E-state index contributed by atoms with van der Waals surface area (Å²) in [5.41, 5.74) is 0. The predicted molar refractivity (Wildman–Crippen MR) is 42.5 cm³/mol. The molecule has 0 fully saturated rings. The zero-order chi connectivity index (χ0) is 6.41. The minimum atomic E-state index is -1.66. The first kappa shape index (κ1) is 12.1. The van der Waals surface area contributed by atoms with Crippen molar-refractivity contribution in [3.05, 3.63) is 0 Å². The third-order valence-corrected chi connectivity index (χ3v) is 0. The summed E-state index contributed by atoms with van der Waals surface area (Å²) < 4.78 is 0. The maximum absolute atomic E-state index is 2.37. The molecular weight excluding hydrogens is 126 g/mol. The maximum Gasteiger partial charge on any atom is 1.00 e. The Balaban J connectivity index is 0. The molecule has 0 aliphatic heterocycles. The zero-order valence-electron chi connectivity index (χ0n) is 7.45. The summed E-state index contributed by atoms with van der Waals surface area (Å²) >= 11 is 0. The average molecular weight is 144 g/mol. The van der Waals surface area contributed by atoms with Gasteiger partial charge in [-0.25, -0.2) is 0 Å². The molecule has 2 heteroatoms. The van der Waals surface area contributed by atoms with E-state index in [2.05, 4.69) is 40.0 Å². The van der Waals surface area contributed by atoms with E-state index in [-0.39, 0.29) is 29.6 Å². The Morgan fingerprint density at radius 1 is 0.625 bits per heavy atom. The van der Waals surface area contributed by atoms with Gasteiger partial charge in [-0.05, 0) is 0 Å². The van der Waals surface area contributed by atoms with E-state index < -0.39 is 5.94 Å². The van der Waals surface area contributed by atoms with Crippen LogP contribution in [0.25, 0.3) is 0 Å². The van der Waals surface area contributed by atoms with E-state index in [0.29, 0.717) is 0 Å². The maximum atomic E-state index is 2.37. The van der Waals surface area contributed by atoms with Crippen LogP contribution in [0, 0.1) is 0 Å². The molecule has 0 aliphatic rings. The number of hydrogen-bond donors (Lipinski definition) is 0. The van der Waals surface area contributed by atoms with Crippen LogP contribution < -0.4 is 29.6 Å². The third-order valence-electron chi connectivity index (χ3n) is 0. The third kappa shape index (κ3) is 150. The first-order valence-corrected chi connectivity index (χ1v) is 8.05. The molecule has 0 saturated heterocycles. The van der Waals surface area contributed by atoms with Crippen LogP contribution >= 0.6 is 5.94 Å². The second-order valence-electron chi connectivity index (χ2n) is 6.71. The van der Waals surface area contributed by atoms with Gasteiger partial charge in [-0.2, -0.15) is 0 Å². The Morgan fingerprint density at radius 3 is 0.625 bits per heavy atom. The molecule has 0 saturated carbocycles. The van der Waals surface area contributed by atoms with Gasteiger partial charge in [0.05, 0.1) is 0 Å². The number of rotatable bonds is 0. The van der Waals surface area contributed by atoms with Crippen LogP contribution in [0.4, 0.5) is 0 Å². The van der Waals surface area contributed by atoms with Crippen molar-refractivity contribution in [1.82, 2.24) is 0 Å². The van der Waals surface area contributed by atoms with E-state index in [1.54, 1.807) is 0 Å². The van der Waals surface area contributed by atoms with Gasteiger partial charge in [-0.3, -0.25) is 0 Å². The number of hydrogen-bond acceptors (Lipinski definition) is 0. The Hall–Kier alpha value is 1.43. The molecule has 8 heavy (non-hydrogen) atoms. The molecule has 0 rings (SSSR count). The molecule has 0 spiro atoms. The largest absolute Gasteiger partial charge is 1.00 e. The van der Waals surface area contributed by atoms with Gasteiger partial charge in [0.2, 0.25) is 0 Å². The Kier molecular flexibility index (Phi) is 2.62. The molecule has 0 aromatic rings. The van der Waals surface area contributed by atoms with Crippen molar-refractivity contribution in [3.63, 3.8) is 0 Å². The van der Waals surface area contributed by atoms with Gasteiger partial charge in [0.25, 0.3) is 0 Å². The second kappa shape index (κ2) is 1.72. The van der Waals surface area contributed by atoms with Gasteiger partial charge in [0, 0.05) is 0 Å². The van der Waals surface area contributed by atoms with E-state index in [0.717, 1.165) is 0 Å². The van der Waals surface area contributed by atoms with E-state index in [1.807, 2.05) is 0 Å². The van der Waals surface area contributed by atoms with E-state index in [9.17, 15) is 0 Å². The van der Waals surface area contributed by atoms with Crippen LogP contribution in [0.3, 0.4) is 0 Å². The molecule has 0 bridgehead atoms. The van der Waals surface area contributed by atoms with Crippen LogP contribution in [0.5, 0.6) is 0 Å². The summed E-state index contributed by atoms with van der Waals surface area (Å²) in [5.74, 6) is -1.66. The van der Waals surface area contributed by atoms with Crippen LogP contribution in [-0.2, 0) is 0 Å². The van der Waals surface area contributed by atoms with Gasteiger partial charge in [0.1, 0.15) is 0 Å². The molecule has 0 heterocycles. The van der Waals surface area contributed by atoms with Gasteiger partial charge < -0.3 is 0 Å². The fourth-order valence-electron chi connectivity index (χ4n) is 0. The molecule has 0 N–H and O–H groups in total. The molecule has 0 unspecified atom stereocenters. The minimum Gasteiger partial charge on any atom is 1.00 e.